The Morgan fingerprint density at radius 1 is 1.00 bits per heavy atom. The quantitative estimate of drug-likeness (QED) is 0.831. The number of benzene rings is 1. The number of aliphatic hydroxyl groups is 1. The van der Waals surface area contributed by atoms with Crippen LogP contribution in [0.25, 0.3) is 0 Å². The molecule has 3 heteroatoms. The van der Waals surface area contributed by atoms with Crippen LogP contribution in [0, 0.1) is 17.6 Å². The zero-order valence-electron chi connectivity index (χ0n) is 10.5. The highest BCUT2D eigenvalue weighted by Crippen LogP contribution is 2.34. The average molecular weight is 254 g/mol. The van der Waals surface area contributed by atoms with Gasteiger partial charge in [-0.05, 0) is 24.8 Å². The van der Waals surface area contributed by atoms with Crippen molar-refractivity contribution in [3.63, 3.8) is 0 Å². The van der Waals surface area contributed by atoms with E-state index in [2.05, 4.69) is 0 Å². The second-order valence-corrected chi connectivity index (χ2v) is 5.19. The van der Waals surface area contributed by atoms with Crippen molar-refractivity contribution in [3.8, 4) is 0 Å². The van der Waals surface area contributed by atoms with Crippen molar-refractivity contribution in [3.05, 3.63) is 35.4 Å². The Hall–Kier alpha value is -0.960. The molecule has 1 aromatic rings. The van der Waals surface area contributed by atoms with Gasteiger partial charge >= 0.3 is 0 Å². The fourth-order valence-corrected chi connectivity index (χ4v) is 2.81. The third-order valence-electron chi connectivity index (χ3n) is 3.90. The van der Waals surface area contributed by atoms with E-state index in [4.69, 9.17) is 0 Å². The van der Waals surface area contributed by atoms with Gasteiger partial charge in [0, 0.05) is 5.56 Å². The van der Waals surface area contributed by atoms with E-state index in [1.54, 1.807) is 0 Å². The van der Waals surface area contributed by atoms with Crippen LogP contribution in [0.4, 0.5) is 8.78 Å². The molecule has 1 aliphatic rings. The molecule has 0 amide bonds. The molecule has 0 aliphatic heterocycles. The number of hydrogen-bond donors (Lipinski definition) is 1. The molecule has 1 atom stereocenters. The summed E-state index contributed by atoms with van der Waals surface area (Å²) in [5.74, 6) is -1.72. The summed E-state index contributed by atoms with van der Waals surface area (Å²) < 4.78 is 26.8. The normalized spacial score (nSPS) is 20.2. The van der Waals surface area contributed by atoms with Gasteiger partial charge in [0.2, 0.25) is 0 Å². The first-order chi connectivity index (χ1) is 8.70. The fraction of sp³-hybridized carbons (Fsp3) is 0.600. The lowest BCUT2D eigenvalue weighted by atomic mass is 9.84. The molecule has 100 valence electrons. The van der Waals surface area contributed by atoms with Gasteiger partial charge in [-0.3, -0.25) is 0 Å². The maximum absolute atomic E-state index is 13.7. The second kappa shape index (κ2) is 6.28. The number of rotatable bonds is 2. The van der Waals surface area contributed by atoms with E-state index in [1.807, 2.05) is 0 Å². The maximum Gasteiger partial charge on any atom is 0.164 e. The first kappa shape index (κ1) is 13.5. The van der Waals surface area contributed by atoms with Gasteiger partial charge in [-0.2, -0.15) is 0 Å². The van der Waals surface area contributed by atoms with Gasteiger partial charge in [-0.1, -0.05) is 44.2 Å². The minimum atomic E-state index is -0.896. The Morgan fingerprint density at radius 3 is 2.28 bits per heavy atom. The molecule has 1 unspecified atom stereocenters. The molecule has 0 heterocycles. The lowest BCUT2D eigenvalue weighted by Gasteiger charge is -2.25. The van der Waals surface area contributed by atoms with Gasteiger partial charge in [0.1, 0.15) is 0 Å². The Bertz CT molecular complexity index is 384. The Balaban J connectivity index is 2.13. The van der Waals surface area contributed by atoms with E-state index in [0.717, 1.165) is 31.7 Å². The van der Waals surface area contributed by atoms with E-state index in [9.17, 15) is 13.9 Å². The topological polar surface area (TPSA) is 20.2 Å². The predicted octanol–water partition coefficient (Wildman–Crippen LogP) is 4.36. The molecule has 18 heavy (non-hydrogen) atoms. The van der Waals surface area contributed by atoms with Crippen molar-refractivity contribution in [2.45, 2.75) is 51.0 Å². The standard InChI is InChI=1S/C15H20F2O/c16-13-10-6-9-12(14(13)17)15(18)11-7-4-2-1-3-5-8-11/h6,9-11,15,18H,1-5,7-8H2. The van der Waals surface area contributed by atoms with Crippen molar-refractivity contribution < 1.29 is 13.9 Å². The summed E-state index contributed by atoms with van der Waals surface area (Å²) in [4.78, 5) is 0. The lowest BCUT2D eigenvalue weighted by molar-refractivity contribution is 0.0872. The molecule has 1 fully saturated rings. The van der Waals surface area contributed by atoms with Gasteiger partial charge in [0.15, 0.2) is 11.6 Å². The van der Waals surface area contributed by atoms with Crippen molar-refractivity contribution >= 4 is 0 Å². The smallest absolute Gasteiger partial charge is 0.164 e. The number of halogens is 2. The average Bonchev–Trinajstić information content (AvgIpc) is 2.31. The molecule has 1 aliphatic carbocycles. The maximum atomic E-state index is 13.7. The molecule has 0 radical (unpaired) electrons. The van der Waals surface area contributed by atoms with Crippen LogP contribution < -0.4 is 0 Å². The molecule has 0 aromatic heterocycles. The lowest BCUT2D eigenvalue weighted by Crippen LogP contribution is -2.16. The zero-order chi connectivity index (χ0) is 13.0. The molecule has 1 N–H and O–H groups in total. The van der Waals surface area contributed by atoms with Crippen LogP contribution in [0.15, 0.2) is 18.2 Å². The summed E-state index contributed by atoms with van der Waals surface area (Å²) in [5.41, 5.74) is 0.112. The molecule has 0 saturated heterocycles. The first-order valence-electron chi connectivity index (χ1n) is 6.82. The van der Waals surface area contributed by atoms with Gasteiger partial charge in [-0.25, -0.2) is 8.78 Å². The molecule has 2 rings (SSSR count). The third kappa shape index (κ3) is 3.08. The molecule has 1 nitrogen and oxygen atoms in total. The van der Waals surface area contributed by atoms with Gasteiger partial charge in [-0.15, -0.1) is 0 Å². The Labute approximate surface area is 107 Å². The van der Waals surface area contributed by atoms with Gasteiger partial charge in [0.05, 0.1) is 6.10 Å². The van der Waals surface area contributed by atoms with Crippen molar-refractivity contribution in [1.82, 2.24) is 0 Å². The van der Waals surface area contributed by atoms with Crippen LogP contribution in [0.3, 0.4) is 0 Å². The minimum absolute atomic E-state index is 0.0570. The molecule has 0 bridgehead atoms. The van der Waals surface area contributed by atoms with Crippen LogP contribution in [-0.2, 0) is 0 Å². The summed E-state index contributed by atoms with van der Waals surface area (Å²) >= 11 is 0. The number of hydrogen-bond acceptors (Lipinski definition) is 1. The SMILES string of the molecule is OC(c1cccc(F)c1F)C1CCCCCCC1. The Kier molecular flexibility index (Phi) is 4.70. The van der Waals surface area contributed by atoms with Crippen molar-refractivity contribution in [1.29, 1.82) is 0 Å². The largest absolute Gasteiger partial charge is 0.388 e. The summed E-state index contributed by atoms with van der Waals surface area (Å²) in [5, 5.41) is 10.3. The van der Waals surface area contributed by atoms with Crippen LogP contribution >= 0.6 is 0 Å². The highest BCUT2D eigenvalue weighted by molar-refractivity contribution is 5.21. The van der Waals surface area contributed by atoms with Crippen LogP contribution in [0.5, 0.6) is 0 Å². The molecule has 0 spiro atoms. The third-order valence-corrected chi connectivity index (χ3v) is 3.90. The van der Waals surface area contributed by atoms with E-state index >= 15 is 0 Å². The Morgan fingerprint density at radius 2 is 1.61 bits per heavy atom. The molecule has 1 aromatic carbocycles. The van der Waals surface area contributed by atoms with E-state index in [1.165, 1.54) is 31.4 Å². The van der Waals surface area contributed by atoms with Crippen LogP contribution in [0.2, 0.25) is 0 Å². The molecular formula is C15H20F2O. The summed E-state index contributed by atoms with van der Waals surface area (Å²) in [6.45, 7) is 0. The highest BCUT2D eigenvalue weighted by Gasteiger charge is 2.24. The summed E-state index contributed by atoms with van der Waals surface area (Å²) in [6.07, 6.45) is 6.66. The van der Waals surface area contributed by atoms with Gasteiger partial charge < -0.3 is 5.11 Å². The highest BCUT2D eigenvalue weighted by atomic mass is 19.2. The number of aliphatic hydroxyl groups excluding tert-OH is 1. The van der Waals surface area contributed by atoms with E-state index in [0.29, 0.717) is 0 Å². The molecule has 1 saturated carbocycles. The van der Waals surface area contributed by atoms with Crippen LogP contribution in [-0.4, -0.2) is 5.11 Å². The summed E-state index contributed by atoms with van der Waals surface area (Å²) in [6, 6.07) is 4.03. The second-order valence-electron chi connectivity index (χ2n) is 5.19. The molecular weight excluding hydrogens is 234 g/mol. The van der Waals surface area contributed by atoms with Crippen molar-refractivity contribution in [2.75, 3.05) is 0 Å². The first-order valence-corrected chi connectivity index (χ1v) is 6.82. The van der Waals surface area contributed by atoms with Crippen LogP contribution in [0.1, 0.15) is 56.6 Å². The zero-order valence-corrected chi connectivity index (χ0v) is 10.5. The van der Waals surface area contributed by atoms with E-state index in [-0.39, 0.29) is 11.5 Å². The van der Waals surface area contributed by atoms with E-state index < -0.39 is 17.7 Å². The minimum Gasteiger partial charge on any atom is -0.388 e. The monoisotopic (exact) mass is 254 g/mol. The predicted molar refractivity (Wildman–Crippen MR) is 67.1 cm³/mol. The fourth-order valence-electron chi connectivity index (χ4n) is 2.81. The van der Waals surface area contributed by atoms with Crippen molar-refractivity contribution in [2.24, 2.45) is 5.92 Å². The van der Waals surface area contributed by atoms with Gasteiger partial charge in [0.25, 0.3) is 0 Å². The summed E-state index contributed by atoms with van der Waals surface area (Å²) in [7, 11) is 0.